The first-order chi connectivity index (χ1) is 10.7. The minimum atomic E-state index is 0.368. The summed E-state index contributed by atoms with van der Waals surface area (Å²) in [7, 11) is 1.66. The Morgan fingerprint density at radius 2 is 2.32 bits per heavy atom. The number of fused-ring (bicyclic) bond motifs is 1. The molecular weight excluding hydrogens is 302 g/mol. The minimum absolute atomic E-state index is 0.368. The lowest BCUT2D eigenvalue weighted by atomic mass is 9.96. The van der Waals surface area contributed by atoms with Crippen molar-refractivity contribution >= 4 is 17.4 Å². The zero-order valence-electron chi connectivity index (χ0n) is 12.6. The van der Waals surface area contributed by atoms with Gasteiger partial charge in [-0.25, -0.2) is 9.97 Å². The van der Waals surface area contributed by atoms with Gasteiger partial charge in [0, 0.05) is 18.5 Å². The van der Waals surface area contributed by atoms with E-state index in [1.165, 1.54) is 5.56 Å². The Balaban J connectivity index is 1.64. The van der Waals surface area contributed by atoms with Crippen LogP contribution in [0, 0.1) is 12.8 Å². The van der Waals surface area contributed by atoms with Crippen molar-refractivity contribution in [2.24, 2.45) is 5.92 Å². The van der Waals surface area contributed by atoms with E-state index in [9.17, 15) is 0 Å². The maximum atomic E-state index is 6.10. The van der Waals surface area contributed by atoms with Gasteiger partial charge in [-0.15, -0.1) is 0 Å². The molecule has 1 unspecified atom stereocenters. The molecule has 116 valence electrons. The quantitative estimate of drug-likeness (QED) is 0.938. The molecule has 1 aliphatic rings. The van der Waals surface area contributed by atoms with E-state index in [1.54, 1.807) is 13.3 Å². The van der Waals surface area contributed by atoms with Crippen molar-refractivity contribution in [3.05, 3.63) is 40.8 Å². The van der Waals surface area contributed by atoms with Gasteiger partial charge in [0.05, 0.1) is 19.9 Å². The molecule has 0 saturated heterocycles. The van der Waals surface area contributed by atoms with Gasteiger partial charge in [0.1, 0.15) is 28.2 Å². The minimum Gasteiger partial charge on any atom is -0.497 e. The second-order valence-electron chi connectivity index (χ2n) is 5.35. The second kappa shape index (κ2) is 6.40. The smallest absolute Gasteiger partial charge is 0.148 e. The standard InChI is InChI=1S/C16H18ClN3O2/c1-10-18-8-14(17)16(20-10)19-7-11-5-12-3-4-13(21-2)6-15(12)22-9-11/h3-4,6,8,11H,5,7,9H2,1-2H3,(H,18,19,20). The number of hydrogen-bond donors (Lipinski definition) is 1. The average molecular weight is 320 g/mol. The molecule has 0 bridgehead atoms. The SMILES string of the molecule is COc1ccc2c(c1)OCC(CNc1nc(C)ncc1Cl)C2. The molecule has 1 aliphatic heterocycles. The first kappa shape index (κ1) is 14.9. The summed E-state index contributed by atoms with van der Waals surface area (Å²) in [5.41, 5.74) is 1.20. The molecule has 1 aromatic carbocycles. The Morgan fingerprint density at radius 3 is 3.14 bits per heavy atom. The van der Waals surface area contributed by atoms with Gasteiger partial charge in [0.25, 0.3) is 0 Å². The first-order valence-corrected chi connectivity index (χ1v) is 7.56. The number of rotatable bonds is 4. The molecule has 5 nitrogen and oxygen atoms in total. The van der Waals surface area contributed by atoms with Gasteiger partial charge in [-0.05, 0) is 25.0 Å². The Bertz CT molecular complexity index is 678. The van der Waals surface area contributed by atoms with Gasteiger partial charge >= 0.3 is 0 Å². The summed E-state index contributed by atoms with van der Waals surface area (Å²) < 4.78 is 11.1. The number of aromatic nitrogens is 2. The van der Waals surface area contributed by atoms with E-state index in [1.807, 2.05) is 19.1 Å². The van der Waals surface area contributed by atoms with Crippen molar-refractivity contribution in [2.75, 3.05) is 25.6 Å². The van der Waals surface area contributed by atoms with E-state index in [2.05, 4.69) is 21.4 Å². The van der Waals surface area contributed by atoms with E-state index in [0.717, 1.165) is 24.5 Å². The van der Waals surface area contributed by atoms with Crippen LogP contribution >= 0.6 is 11.6 Å². The Hall–Kier alpha value is -2.01. The molecule has 1 N–H and O–H groups in total. The van der Waals surface area contributed by atoms with E-state index in [4.69, 9.17) is 21.1 Å². The Kier molecular flexibility index (Phi) is 4.34. The van der Waals surface area contributed by atoms with Crippen LogP contribution < -0.4 is 14.8 Å². The van der Waals surface area contributed by atoms with Gasteiger partial charge in [0.15, 0.2) is 0 Å². The van der Waals surface area contributed by atoms with Crippen LogP contribution in [0.25, 0.3) is 0 Å². The molecule has 3 rings (SSSR count). The number of hydrogen-bond acceptors (Lipinski definition) is 5. The molecule has 1 aromatic heterocycles. The van der Waals surface area contributed by atoms with Crippen LogP contribution in [0.4, 0.5) is 5.82 Å². The van der Waals surface area contributed by atoms with Crippen LogP contribution in [-0.2, 0) is 6.42 Å². The summed E-state index contributed by atoms with van der Waals surface area (Å²) in [6.45, 7) is 3.26. The zero-order chi connectivity index (χ0) is 15.5. The predicted octanol–water partition coefficient (Wildman–Crippen LogP) is 3.11. The molecular formula is C16H18ClN3O2. The molecule has 0 amide bonds. The molecule has 2 heterocycles. The van der Waals surface area contributed by atoms with Gasteiger partial charge < -0.3 is 14.8 Å². The topological polar surface area (TPSA) is 56.3 Å². The van der Waals surface area contributed by atoms with Crippen LogP contribution in [-0.4, -0.2) is 30.2 Å². The van der Waals surface area contributed by atoms with E-state index >= 15 is 0 Å². The van der Waals surface area contributed by atoms with Crippen molar-refractivity contribution in [2.45, 2.75) is 13.3 Å². The number of anilines is 1. The fourth-order valence-corrected chi connectivity index (χ4v) is 2.65. The zero-order valence-corrected chi connectivity index (χ0v) is 13.4. The molecule has 6 heteroatoms. The third kappa shape index (κ3) is 3.25. The summed E-state index contributed by atoms with van der Waals surface area (Å²) in [6.07, 6.45) is 2.57. The third-order valence-corrected chi connectivity index (χ3v) is 3.96. The molecule has 0 aliphatic carbocycles. The number of nitrogens with zero attached hydrogens (tertiary/aromatic N) is 2. The third-order valence-electron chi connectivity index (χ3n) is 3.68. The summed E-state index contributed by atoms with van der Waals surface area (Å²) in [6, 6.07) is 5.95. The van der Waals surface area contributed by atoms with Crippen LogP contribution in [0.3, 0.4) is 0 Å². The predicted molar refractivity (Wildman–Crippen MR) is 86.0 cm³/mol. The average Bonchev–Trinajstić information content (AvgIpc) is 2.55. The maximum absolute atomic E-state index is 6.10. The number of halogens is 1. The number of methoxy groups -OCH3 is 1. The van der Waals surface area contributed by atoms with Gasteiger partial charge in [-0.3, -0.25) is 0 Å². The monoisotopic (exact) mass is 319 g/mol. The van der Waals surface area contributed by atoms with Crippen molar-refractivity contribution < 1.29 is 9.47 Å². The largest absolute Gasteiger partial charge is 0.497 e. The molecule has 0 radical (unpaired) electrons. The summed E-state index contributed by atoms with van der Waals surface area (Å²) in [5, 5.41) is 3.82. The lowest BCUT2D eigenvalue weighted by Gasteiger charge is -2.26. The van der Waals surface area contributed by atoms with E-state index < -0.39 is 0 Å². The summed E-state index contributed by atoms with van der Waals surface area (Å²) >= 11 is 6.10. The van der Waals surface area contributed by atoms with Crippen LogP contribution in [0.5, 0.6) is 11.5 Å². The highest BCUT2D eigenvalue weighted by Crippen LogP contribution is 2.31. The molecule has 0 saturated carbocycles. The van der Waals surface area contributed by atoms with E-state index in [0.29, 0.717) is 29.2 Å². The highest BCUT2D eigenvalue weighted by molar-refractivity contribution is 6.32. The highest BCUT2D eigenvalue weighted by atomic mass is 35.5. The fourth-order valence-electron chi connectivity index (χ4n) is 2.49. The van der Waals surface area contributed by atoms with Crippen molar-refractivity contribution in [1.82, 2.24) is 9.97 Å². The van der Waals surface area contributed by atoms with Gasteiger partial charge in [-0.2, -0.15) is 0 Å². The first-order valence-electron chi connectivity index (χ1n) is 7.18. The normalized spacial score (nSPS) is 16.6. The van der Waals surface area contributed by atoms with Gasteiger partial charge in [-0.1, -0.05) is 17.7 Å². The molecule has 22 heavy (non-hydrogen) atoms. The lowest BCUT2D eigenvalue weighted by molar-refractivity contribution is 0.228. The second-order valence-corrected chi connectivity index (χ2v) is 5.76. The van der Waals surface area contributed by atoms with Crippen LogP contribution in [0.2, 0.25) is 5.02 Å². The van der Waals surface area contributed by atoms with Crippen molar-refractivity contribution in [1.29, 1.82) is 0 Å². The van der Waals surface area contributed by atoms with Crippen LogP contribution in [0.15, 0.2) is 24.4 Å². The number of benzene rings is 1. The van der Waals surface area contributed by atoms with E-state index in [-0.39, 0.29) is 0 Å². The van der Waals surface area contributed by atoms with Gasteiger partial charge in [0.2, 0.25) is 0 Å². The Morgan fingerprint density at radius 1 is 1.45 bits per heavy atom. The molecule has 2 aromatic rings. The van der Waals surface area contributed by atoms with Crippen LogP contribution in [0.1, 0.15) is 11.4 Å². The summed E-state index contributed by atoms with van der Waals surface area (Å²) in [4.78, 5) is 8.37. The maximum Gasteiger partial charge on any atom is 0.148 e. The highest BCUT2D eigenvalue weighted by Gasteiger charge is 2.20. The Labute approximate surface area is 134 Å². The number of ether oxygens (including phenoxy) is 2. The molecule has 0 fully saturated rings. The number of nitrogens with one attached hydrogen (secondary N) is 1. The van der Waals surface area contributed by atoms with Crippen molar-refractivity contribution in [3.8, 4) is 11.5 Å². The fraction of sp³-hybridized carbons (Fsp3) is 0.375. The molecule has 1 atom stereocenters. The number of aryl methyl sites for hydroxylation is 1. The lowest BCUT2D eigenvalue weighted by Crippen LogP contribution is -2.27. The molecule has 0 spiro atoms. The van der Waals surface area contributed by atoms with Crippen molar-refractivity contribution in [3.63, 3.8) is 0 Å². The summed E-state index contributed by atoms with van der Waals surface area (Å²) in [5.74, 6) is 3.47.